The highest BCUT2D eigenvalue weighted by Crippen LogP contribution is 2.18. The van der Waals surface area contributed by atoms with Crippen molar-refractivity contribution >= 4 is 33.6 Å². The molecule has 0 aliphatic carbocycles. The molecule has 3 rings (SSSR count). The van der Waals surface area contributed by atoms with E-state index >= 15 is 0 Å². The molecule has 0 radical (unpaired) electrons. The number of hydrogen-bond acceptors (Lipinski definition) is 3. The van der Waals surface area contributed by atoms with Gasteiger partial charge in [0.1, 0.15) is 5.52 Å². The molecular weight excluding hydrogens is 329 g/mol. The van der Waals surface area contributed by atoms with Crippen LogP contribution in [0.4, 0.5) is 0 Å². The van der Waals surface area contributed by atoms with Gasteiger partial charge in [-0.2, -0.15) is 0 Å². The zero-order valence-electron chi connectivity index (χ0n) is 9.47. The summed E-state index contributed by atoms with van der Waals surface area (Å²) in [5.41, 5.74) is 2.06. The van der Waals surface area contributed by atoms with Crippen LogP contribution in [0.5, 0.6) is 0 Å². The lowest BCUT2D eigenvalue weighted by Gasteiger charge is -2.22. The van der Waals surface area contributed by atoms with Crippen LogP contribution in [0.3, 0.4) is 0 Å². The van der Waals surface area contributed by atoms with Crippen LogP contribution in [-0.2, 0) is 11.3 Å². The summed E-state index contributed by atoms with van der Waals surface area (Å²) in [6.45, 7) is 1.70. The first kappa shape index (κ1) is 11.4. The molecule has 0 spiro atoms. The smallest absolute Gasteiger partial charge is 0.113 e. The summed E-state index contributed by atoms with van der Waals surface area (Å²) in [4.78, 5) is 0. The molecule has 90 valence electrons. The Morgan fingerprint density at radius 2 is 2.35 bits per heavy atom. The monoisotopic (exact) mass is 343 g/mol. The Hall–Kier alpha value is -0.690. The predicted molar refractivity (Wildman–Crippen MR) is 73.8 cm³/mol. The molecule has 1 atom stereocenters. The van der Waals surface area contributed by atoms with E-state index in [-0.39, 0.29) is 0 Å². The first-order chi connectivity index (χ1) is 8.33. The lowest BCUT2D eigenvalue weighted by molar-refractivity contribution is 0.00443. The quantitative estimate of drug-likeness (QED) is 0.787. The fourth-order valence-corrected chi connectivity index (χ4v) is 2.69. The van der Waals surface area contributed by atoms with Crippen LogP contribution >= 0.6 is 22.6 Å². The summed E-state index contributed by atoms with van der Waals surface area (Å²) in [5, 5.41) is 8.39. The third-order valence-corrected chi connectivity index (χ3v) is 3.80. The van der Waals surface area contributed by atoms with Crippen molar-refractivity contribution in [2.75, 3.05) is 6.61 Å². The molecule has 0 bridgehead atoms. The Bertz CT molecular complexity index is 519. The van der Waals surface area contributed by atoms with Crippen LogP contribution in [0.1, 0.15) is 19.3 Å². The van der Waals surface area contributed by atoms with Crippen molar-refractivity contribution in [1.29, 1.82) is 0 Å². The normalized spacial score (nSPS) is 20.9. The molecule has 5 heteroatoms. The Morgan fingerprint density at radius 3 is 3.18 bits per heavy atom. The van der Waals surface area contributed by atoms with E-state index in [4.69, 9.17) is 4.74 Å². The van der Waals surface area contributed by atoms with Crippen molar-refractivity contribution in [3.63, 3.8) is 0 Å². The molecule has 1 aromatic heterocycles. The first-order valence-corrected chi connectivity index (χ1v) is 7.01. The average Bonchev–Trinajstić information content (AvgIpc) is 2.73. The second kappa shape index (κ2) is 4.89. The SMILES string of the molecule is Ic1ccc2nnn(CC3CCCCO3)c2c1. The van der Waals surface area contributed by atoms with Gasteiger partial charge >= 0.3 is 0 Å². The van der Waals surface area contributed by atoms with E-state index in [1.807, 2.05) is 10.7 Å². The van der Waals surface area contributed by atoms with Crippen molar-refractivity contribution in [2.45, 2.75) is 31.9 Å². The number of nitrogens with zero attached hydrogens (tertiary/aromatic N) is 3. The van der Waals surface area contributed by atoms with E-state index in [0.29, 0.717) is 6.10 Å². The van der Waals surface area contributed by atoms with Crippen molar-refractivity contribution in [1.82, 2.24) is 15.0 Å². The van der Waals surface area contributed by atoms with Crippen molar-refractivity contribution in [3.8, 4) is 0 Å². The van der Waals surface area contributed by atoms with Crippen molar-refractivity contribution in [2.24, 2.45) is 0 Å². The molecule has 1 aliphatic rings. The summed E-state index contributed by atoms with van der Waals surface area (Å²) in [5.74, 6) is 0. The van der Waals surface area contributed by atoms with E-state index in [0.717, 1.165) is 30.6 Å². The molecule has 4 nitrogen and oxygen atoms in total. The predicted octanol–water partition coefficient (Wildman–Crippen LogP) is 2.61. The maximum Gasteiger partial charge on any atom is 0.113 e. The van der Waals surface area contributed by atoms with E-state index in [1.165, 1.54) is 16.4 Å². The highest BCUT2D eigenvalue weighted by atomic mass is 127. The van der Waals surface area contributed by atoms with Gasteiger partial charge in [0.25, 0.3) is 0 Å². The van der Waals surface area contributed by atoms with Gasteiger partial charge in [-0.25, -0.2) is 4.68 Å². The zero-order chi connectivity index (χ0) is 11.7. The number of aromatic nitrogens is 3. The largest absolute Gasteiger partial charge is 0.376 e. The van der Waals surface area contributed by atoms with Crippen LogP contribution < -0.4 is 0 Å². The van der Waals surface area contributed by atoms with Crippen LogP contribution in [0, 0.1) is 3.57 Å². The topological polar surface area (TPSA) is 39.9 Å². The number of hydrogen-bond donors (Lipinski definition) is 0. The maximum absolute atomic E-state index is 5.74. The van der Waals surface area contributed by atoms with Gasteiger partial charge in [0.05, 0.1) is 18.2 Å². The van der Waals surface area contributed by atoms with Gasteiger partial charge < -0.3 is 4.74 Å². The van der Waals surface area contributed by atoms with Gasteiger partial charge in [-0.3, -0.25) is 0 Å². The molecular formula is C12H14IN3O. The number of ether oxygens (including phenoxy) is 1. The molecule has 0 saturated carbocycles. The van der Waals surface area contributed by atoms with Crippen LogP contribution in [-0.4, -0.2) is 27.7 Å². The molecule has 2 aromatic rings. The summed E-state index contributed by atoms with van der Waals surface area (Å²) in [6.07, 6.45) is 3.87. The van der Waals surface area contributed by atoms with Gasteiger partial charge in [-0.05, 0) is 60.1 Å². The minimum absolute atomic E-state index is 0.298. The lowest BCUT2D eigenvalue weighted by Crippen LogP contribution is -2.24. The van der Waals surface area contributed by atoms with E-state index < -0.39 is 0 Å². The van der Waals surface area contributed by atoms with Crippen LogP contribution in [0.25, 0.3) is 11.0 Å². The first-order valence-electron chi connectivity index (χ1n) is 5.93. The molecule has 1 saturated heterocycles. The van der Waals surface area contributed by atoms with Crippen molar-refractivity contribution in [3.05, 3.63) is 21.8 Å². The van der Waals surface area contributed by atoms with Gasteiger partial charge in [0, 0.05) is 10.2 Å². The molecule has 1 aromatic carbocycles. The third kappa shape index (κ3) is 2.44. The van der Waals surface area contributed by atoms with Gasteiger partial charge in [0.15, 0.2) is 0 Å². The minimum Gasteiger partial charge on any atom is -0.376 e. The molecule has 1 fully saturated rings. The fraction of sp³-hybridized carbons (Fsp3) is 0.500. The van der Waals surface area contributed by atoms with Crippen LogP contribution in [0.2, 0.25) is 0 Å². The van der Waals surface area contributed by atoms with Crippen LogP contribution in [0.15, 0.2) is 18.2 Å². The highest BCUT2D eigenvalue weighted by Gasteiger charge is 2.16. The number of benzene rings is 1. The Kier molecular flexibility index (Phi) is 3.28. The molecule has 17 heavy (non-hydrogen) atoms. The number of halogens is 1. The summed E-state index contributed by atoms with van der Waals surface area (Å²) >= 11 is 2.31. The Morgan fingerprint density at radius 1 is 1.41 bits per heavy atom. The van der Waals surface area contributed by atoms with E-state index in [9.17, 15) is 0 Å². The molecule has 0 N–H and O–H groups in total. The molecule has 0 amide bonds. The second-order valence-electron chi connectivity index (χ2n) is 4.39. The number of rotatable bonds is 2. The van der Waals surface area contributed by atoms with Gasteiger partial charge in [-0.15, -0.1) is 5.10 Å². The lowest BCUT2D eigenvalue weighted by atomic mass is 10.1. The van der Waals surface area contributed by atoms with Crippen molar-refractivity contribution < 1.29 is 4.74 Å². The minimum atomic E-state index is 0.298. The molecule has 1 aliphatic heterocycles. The second-order valence-corrected chi connectivity index (χ2v) is 5.64. The molecule has 1 unspecified atom stereocenters. The Labute approximate surface area is 113 Å². The highest BCUT2D eigenvalue weighted by molar-refractivity contribution is 14.1. The Balaban J connectivity index is 1.86. The fourth-order valence-electron chi connectivity index (χ4n) is 2.22. The summed E-state index contributed by atoms with van der Waals surface area (Å²) < 4.78 is 8.92. The summed E-state index contributed by atoms with van der Waals surface area (Å²) in [7, 11) is 0. The van der Waals surface area contributed by atoms with Gasteiger partial charge in [-0.1, -0.05) is 5.21 Å². The number of fused-ring (bicyclic) bond motifs is 1. The summed E-state index contributed by atoms with van der Waals surface area (Å²) in [6, 6.07) is 6.19. The molecule has 2 heterocycles. The standard InChI is InChI=1S/C12H14IN3O/c13-9-4-5-11-12(7-9)16(15-14-11)8-10-3-1-2-6-17-10/h4-5,7,10H,1-3,6,8H2. The van der Waals surface area contributed by atoms with Gasteiger partial charge in [0.2, 0.25) is 0 Å². The maximum atomic E-state index is 5.74. The van der Waals surface area contributed by atoms with E-state index in [1.54, 1.807) is 0 Å². The van der Waals surface area contributed by atoms with E-state index in [2.05, 4.69) is 45.0 Å². The average molecular weight is 343 g/mol. The third-order valence-electron chi connectivity index (χ3n) is 3.13. The zero-order valence-corrected chi connectivity index (χ0v) is 11.6.